The molecule has 1 aliphatic rings. The van der Waals surface area contributed by atoms with E-state index in [1.165, 1.54) is 0 Å². The molecule has 0 saturated heterocycles. The van der Waals surface area contributed by atoms with Gasteiger partial charge in [-0.15, -0.1) is 0 Å². The minimum Gasteiger partial charge on any atom is -0.489 e. The van der Waals surface area contributed by atoms with E-state index in [4.69, 9.17) is 4.74 Å². The highest BCUT2D eigenvalue weighted by molar-refractivity contribution is 5.94. The summed E-state index contributed by atoms with van der Waals surface area (Å²) in [6.45, 7) is 0.520. The first-order chi connectivity index (χ1) is 11.8. The largest absolute Gasteiger partial charge is 0.489 e. The van der Waals surface area contributed by atoms with Crippen molar-refractivity contribution in [2.24, 2.45) is 0 Å². The Hall–Kier alpha value is -3.08. The van der Waals surface area contributed by atoms with Crippen LogP contribution in [0.4, 0.5) is 5.82 Å². The van der Waals surface area contributed by atoms with Gasteiger partial charge in [0.1, 0.15) is 18.2 Å². The molecule has 1 amide bonds. The molecule has 120 valence electrons. The molecule has 2 heterocycles. The summed E-state index contributed by atoms with van der Waals surface area (Å²) in [6, 6.07) is 18.0. The third-order valence-electron chi connectivity index (χ3n) is 4.21. The molecule has 0 aliphatic carbocycles. The van der Waals surface area contributed by atoms with Crippen LogP contribution in [0.5, 0.6) is 5.75 Å². The number of rotatable bonds is 4. The normalized spacial score (nSPS) is 16.3. The zero-order valence-electron chi connectivity index (χ0n) is 13.0. The second-order valence-corrected chi connectivity index (χ2v) is 5.85. The van der Waals surface area contributed by atoms with Gasteiger partial charge in [0.25, 0.3) is 0 Å². The van der Waals surface area contributed by atoms with Crippen molar-refractivity contribution in [3.8, 4) is 5.75 Å². The van der Waals surface area contributed by atoms with Gasteiger partial charge >= 0.3 is 0 Å². The van der Waals surface area contributed by atoms with Crippen molar-refractivity contribution in [2.75, 3.05) is 5.32 Å². The fourth-order valence-electron chi connectivity index (χ4n) is 3.00. The average Bonchev–Trinajstić information content (AvgIpc) is 3.08. The number of benzene rings is 2. The highest BCUT2D eigenvalue weighted by Crippen LogP contribution is 2.36. The fraction of sp³-hybridized carbons (Fsp3) is 0.158. The van der Waals surface area contributed by atoms with Crippen LogP contribution in [-0.4, -0.2) is 16.1 Å². The lowest BCUT2D eigenvalue weighted by Gasteiger charge is -2.22. The molecule has 24 heavy (non-hydrogen) atoms. The lowest BCUT2D eigenvalue weighted by atomic mass is 9.87. The molecule has 0 radical (unpaired) electrons. The highest BCUT2D eigenvalue weighted by atomic mass is 16.5. The van der Waals surface area contributed by atoms with E-state index in [9.17, 15) is 4.79 Å². The van der Waals surface area contributed by atoms with Crippen LogP contribution in [0.2, 0.25) is 0 Å². The molecule has 1 atom stereocenters. The zero-order valence-corrected chi connectivity index (χ0v) is 13.0. The SMILES string of the molecule is O=C1C[C@@H](c2cccc(OCc3ccccc3)c2)c2cn[nH]c2N1. The first-order valence-corrected chi connectivity index (χ1v) is 7.89. The van der Waals surface area contributed by atoms with Gasteiger partial charge in [-0.05, 0) is 23.3 Å². The van der Waals surface area contributed by atoms with Crippen LogP contribution in [0, 0.1) is 0 Å². The smallest absolute Gasteiger partial charge is 0.226 e. The third kappa shape index (κ3) is 2.88. The van der Waals surface area contributed by atoms with Crippen LogP contribution in [0.25, 0.3) is 0 Å². The van der Waals surface area contributed by atoms with E-state index >= 15 is 0 Å². The predicted molar refractivity (Wildman–Crippen MR) is 90.9 cm³/mol. The van der Waals surface area contributed by atoms with Crippen LogP contribution in [0.15, 0.2) is 60.8 Å². The van der Waals surface area contributed by atoms with Gasteiger partial charge < -0.3 is 10.1 Å². The van der Waals surface area contributed by atoms with Crippen molar-refractivity contribution in [1.29, 1.82) is 0 Å². The van der Waals surface area contributed by atoms with E-state index in [1.807, 2.05) is 54.6 Å². The quantitative estimate of drug-likeness (QED) is 0.774. The monoisotopic (exact) mass is 319 g/mol. The molecule has 1 aromatic heterocycles. The maximum atomic E-state index is 11.9. The van der Waals surface area contributed by atoms with Crippen LogP contribution in [0.1, 0.15) is 29.0 Å². The number of fused-ring (bicyclic) bond motifs is 1. The van der Waals surface area contributed by atoms with Gasteiger partial charge in [-0.2, -0.15) is 5.10 Å². The van der Waals surface area contributed by atoms with Crippen molar-refractivity contribution >= 4 is 11.7 Å². The summed E-state index contributed by atoms with van der Waals surface area (Å²) in [5, 5.41) is 9.69. The van der Waals surface area contributed by atoms with Gasteiger partial charge in [0.05, 0.1) is 6.20 Å². The Morgan fingerprint density at radius 3 is 2.88 bits per heavy atom. The molecule has 0 saturated carbocycles. The first-order valence-electron chi connectivity index (χ1n) is 7.89. The third-order valence-corrected chi connectivity index (χ3v) is 4.21. The molecular formula is C19H17N3O2. The van der Waals surface area contributed by atoms with Gasteiger partial charge in [0, 0.05) is 17.9 Å². The van der Waals surface area contributed by atoms with E-state index in [-0.39, 0.29) is 11.8 Å². The number of aromatic amines is 1. The van der Waals surface area contributed by atoms with Crippen LogP contribution < -0.4 is 10.1 Å². The minimum absolute atomic E-state index is 0.00669. The average molecular weight is 319 g/mol. The Labute approximate surface area is 139 Å². The Morgan fingerprint density at radius 1 is 1.12 bits per heavy atom. The summed E-state index contributed by atoms with van der Waals surface area (Å²) < 4.78 is 5.90. The van der Waals surface area contributed by atoms with Crippen molar-refractivity contribution in [3.63, 3.8) is 0 Å². The summed E-state index contributed by atoms with van der Waals surface area (Å²) in [7, 11) is 0. The molecule has 1 aliphatic heterocycles. The Balaban J connectivity index is 1.56. The summed E-state index contributed by atoms with van der Waals surface area (Å²) in [5.41, 5.74) is 3.19. The molecular weight excluding hydrogens is 302 g/mol. The molecule has 5 heteroatoms. The molecule has 2 aromatic carbocycles. The van der Waals surface area contributed by atoms with Gasteiger partial charge in [0.2, 0.25) is 5.91 Å². The summed E-state index contributed by atoms with van der Waals surface area (Å²) in [5.74, 6) is 1.47. The molecule has 0 unspecified atom stereocenters. The molecule has 2 N–H and O–H groups in total. The summed E-state index contributed by atoms with van der Waals surface area (Å²) in [4.78, 5) is 11.9. The van der Waals surface area contributed by atoms with Gasteiger partial charge in [0.15, 0.2) is 0 Å². The topological polar surface area (TPSA) is 67.0 Å². The molecule has 5 nitrogen and oxygen atoms in total. The van der Waals surface area contributed by atoms with E-state index in [0.717, 1.165) is 22.4 Å². The number of nitrogens with one attached hydrogen (secondary N) is 2. The second-order valence-electron chi connectivity index (χ2n) is 5.85. The molecule has 3 aromatic rings. The molecule has 0 spiro atoms. The van der Waals surface area contributed by atoms with E-state index in [2.05, 4.69) is 15.5 Å². The zero-order chi connectivity index (χ0) is 16.4. The van der Waals surface area contributed by atoms with Crippen LogP contribution in [-0.2, 0) is 11.4 Å². The Morgan fingerprint density at radius 2 is 2.00 bits per heavy atom. The van der Waals surface area contributed by atoms with E-state index in [0.29, 0.717) is 18.8 Å². The van der Waals surface area contributed by atoms with Crippen LogP contribution in [0.3, 0.4) is 0 Å². The number of aromatic nitrogens is 2. The highest BCUT2D eigenvalue weighted by Gasteiger charge is 2.28. The number of anilines is 1. The van der Waals surface area contributed by atoms with Crippen molar-refractivity contribution < 1.29 is 9.53 Å². The number of carbonyl (C=O) groups is 1. The van der Waals surface area contributed by atoms with Crippen LogP contribution >= 0.6 is 0 Å². The number of hydrogen-bond acceptors (Lipinski definition) is 3. The maximum absolute atomic E-state index is 11.9. The number of carbonyl (C=O) groups excluding carboxylic acids is 1. The van der Waals surface area contributed by atoms with Gasteiger partial charge in [-0.25, -0.2) is 0 Å². The minimum atomic E-state index is -0.00708. The standard InChI is InChI=1S/C19H17N3O2/c23-18-10-16(17-11-20-22-19(17)21-18)14-7-4-8-15(9-14)24-12-13-5-2-1-3-6-13/h1-9,11,16H,10,12H2,(H2,20,21,22,23)/t16-/m0/s1. The fourth-order valence-corrected chi connectivity index (χ4v) is 3.00. The van der Waals surface area contributed by atoms with E-state index in [1.54, 1.807) is 6.20 Å². The first kappa shape index (κ1) is 14.5. The van der Waals surface area contributed by atoms with E-state index < -0.39 is 0 Å². The Bertz CT molecular complexity index is 858. The van der Waals surface area contributed by atoms with Crippen molar-refractivity contribution in [3.05, 3.63) is 77.5 Å². The predicted octanol–water partition coefficient (Wildman–Crippen LogP) is 3.46. The number of hydrogen-bond donors (Lipinski definition) is 2. The maximum Gasteiger partial charge on any atom is 0.226 e. The summed E-state index contributed by atoms with van der Waals surface area (Å²) in [6.07, 6.45) is 2.19. The molecule has 0 fully saturated rings. The summed E-state index contributed by atoms with van der Waals surface area (Å²) >= 11 is 0. The number of amides is 1. The Kier molecular flexibility index (Phi) is 3.75. The lowest BCUT2D eigenvalue weighted by molar-refractivity contribution is -0.116. The number of H-pyrrole nitrogens is 1. The van der Waals surface area contributed by atoms with Gasteiger partial charge in [-0.3, -0.25) is 9.89 Å². The van der Waals surface area contributed by atoms with Gasteiger partial charge in [-0.1, -0.05) is 42.5 Å². The number of nitrogens with zero attached hydrogens (tertiary/aromatic N) is 1. The molecule has 4 rings (SSSR count). The molecule has 0 bridgehead atoms. The van der Waals surface area contributed by atoms with Crippen molar-refractivity contribution in [2.45, 2.75) is 18.9 Å². The van der Waals surface area contributed by atoms with Crippen molar-refractivity contribution in [1.82, 2.24) is 10.2 Å². The lowest BCUT2D eigenvalue weighted by Crippen LogP contribution is -2.22. The second kappa shape index (κ2) is 6.20. The number of ether oxygens (including phenoxy) is 1.